The van der Waals surface area contributed by atoms with Crippen molar-refractivity contribution < 1.29 is 13.7 Å². The number of rotatable bonds is 7. The number of aromatic nitrogens is 5. The summed E-state index contributed by atoms with van der Waals surface area (Å²) in [7, 11) is 0. The summed E-state index contributed by atoms with van der Waals surface area (Å²) in [5.41, 5.74) is 0.693. The predicted octanol–water partition coefficient (Wildman–Crippen LogP) is 4.17. The summed E-state index contributed by atoms with van der Waals surface area (Å²) in [6, 6.07) is 6.02. The van der Waals surface area contributed by atoms with Gasteiger partial charge in [0.1, 0.15) is 5.82 Å². The van der Waals surface area contributed by atoms with Crippen molar-refractivity contribution in [3.63, 3.8) is 0 Å². The maximum atomic E-state index is 13.2. The molecule has 32 heavy (non-hydrogen) atoms. The molecule has 2 aliphatic heterocycles. The third-order valence-electron chi connectivity index (χ3n) is 6.06. The Labute approximate surface area is 190 Å². The van der Waals surface area contributed by atoms with Gasteiger partial charge in [-0.1, -0.05) is 23.8 Å². The summed E-state index contributed by atoms with van der Waals surface area (Å²) in [5.74, 6) is 2.83. The molecule has 0 bridgehead atoms. The third-order valence-corrected chi connectivity index (χ3v) is 7.03. The highest BCUT2D eigenvalue weighted by Gasteiger charge is 2.26. The fourth-order valence-corrected chi connectivity index (χ4v) is 4.92. The minimum absolute atomic E-state index is 0.197. The predicted molar refractivity (Wildman–Crippen MR) is 119 cm³/mol. The van der Waals surface area contributed by atoms with E-state index in [4.69, 9.17) is 9.26 Å². The molecule has 1 unspecified atom stereocenters. The van der Waals surface area contributed by atoms with Crippen molar-refractivity contribution in [1.82, 2.24) is 24.9 Å². The summed E-state index contributed by atoms with van der Waals surface area (Å²) in [6.45, 7) is 5.88. The number of anilines is 1. The van der Waals surface area contributed by atoms with Gasteiger partial charge in [-0.2, -0.15) is 4.98 Å². The van der Waals surface area contributed by atoms with Crippen LogP contribution in [-0.4, -0.2) is 50.7 Å². The Morgan fingerprint density at radius 3 is 2.69 bits per heavy atom. The molecule has 1 aromatic carbocycles. The molecule has 0 radical (unpaired) electrons. The molecule has 2 fully saturated rings. The Hall–Kier alpha value is -2.46. The van der Waals surface area contributed by atoms with E-state index in [9.17, 15) is 4.39 Å². The second-order valence-electron chi connectivity index (χ2n) is 8.51. The van der Waals surface area contributed by atoms with Gasteiger partial charge < -0.3 is 14.2 Å². The molecule has 2 saturated heterocycles. The number of hydrogen-bond donors (Lipinski definition) is 0. The van der Waals surface area contributed by atoms with Crippen molar-refractivity contribution in [3.8, 4) is 11.5 Å². The molecule has 0 saturated carbocycles. The highest BCUT2D eigenvalue weighted by molar-refractivity contribution is 7.98. The van der Waals surface area contributed by atoms with Gasteiger partial charge in [0, 0.05) is 25.3 Å². The highest BCUT2D eigenvalue weighted by Crippen LogP contribution is 2.29. The van der Waals surface area contributed by atoms with Crippen molar-refractivity contribution >= 4 is 17.7 Å². The van der Waals surface area contributed by atoms with Gasteiger partial charge in [-0.05, 0) is 55.9 Å². The van der Waals surface area contributed by atoms with Gasteiger partial charge in [0.05, 0.1) is 18.4 Å². The van der Waals surface area contributed by atoms with E-state index in [1.54, 1.807) is 23.9 Å². The van der Waals surface area contributed by atoms with E-state index in [1.165, 1.54) is 25.0 Å². The summed E-state index contributed by atoms with van der Waals surface area (Å²) in [6.07, 6.45) is 4.70. The van der Waals surface area contributed by atoms with Gasteiger partial charge in [-0.15, -0.1) is 10.2 Å². The largest absolute Gasteiger partial charge is 0.376 e. The molecule has 4 heterocycles. The van der Waals surface area contributed by atoms with Crippen molar-refractivity contribution in [2.75, 3.05) is 24.6 Å². The first-order valence-corrected chi connectivity index (χ1v) is 12.2. The van der Waals surface area contributed by atoms with Crippen LogP contribution in [-0.2, 0) is 17.0 Å². The summed E-state index contributed by atoms with van der Waals surface area (Å²) in [5, 5.41) is 13.9. The van der Waals surface area contributed by atoms with Crippen LogP contribution >= 0.6 is 11.8 Å². The average Bonchev–Trinajstić information content (AvgIpc) is 3.56. The molecule has 5 rings (SSSR count). The Bertz CT molecular complexity index is 1030. The highest BCUT2D eigenvalue weighted by atomic mass is 32.2. The molecule has 0 spiro atoms. The van der Waals surface area contributed by atoms with Gasteiger partial charge in [-0.3, -0.25) is 4.57 Å². The number of piperidine rings is 1. The van der Waals surface area contributed by atoms with E-state index in [-0.39, 0.29) is 11.9 Å². The second-order valence-corrected chi connectivity index (χ2v) is 9.45. The molecule has 1 atom stereocenters. The Kier molecular flexibility index (Phi) is 6.40. The SMILES string of the molecule is CC1CCN(c2nnc(SCc3noc(-c4ccc(F)cc4)n3)n2CC2CCCO2)CC1. The van der Waals surface area contributed by atoms with Crippen LogP contribution in [0.25, 0.3) is 11.5 Å². The molecule has 0 N–H and O–H groups in total. The Morgan fingerprint density at radius 2 is 1.94 bits per heavy atom. The lowest BCUT2D eigenvalue weighted by Crippen LogP contribution is -2.35. The number of thioether (sulfide) groups is 1. The Morgan fingerprint density at radius 1 is 1.12 bits per heavy atom. The molecule has 2 aromatic heterocycles. The van der Waals surface area contributed by atoms with Crippen molar-refractivity contribution in [2.24, 2.45) is 5.92 Å². The first-order chi connectivity index (χ1) is 15.7. The second kappa shape index (κ2) is 9.58. The van der Waals surface area contributed by atoms with E-state index in [0.717, 1.165) is 56.1 Å². The first kappa shape index (κ1) is 21.4. The summed E-state index contributed by atoms with van der Waals surface area (Å²) >= 11 is 1.54. The van der Waals surface area contributed by atoms with Gasteiger partial charge in [0.2, 0.25) is 5.95 Å². The molecule has 0 amide bonds. The van der Waals surface area contributed by atoms with Crippen LogP contribution in [0.15, 0.2) is 33.9 Å². The molecular formula is C22H27FN6O2S. The summed E-state index contributed by atoms with van der Waals surface area (Å²) in [4.78, 5) is 6.79. The van der Waals surface area contributed by atoms with Crippen LogP contribution < -0.4 is 4.90 Å². The van der Waals surface area contributed by atoms with Crippen LogP contribution in [0.3, 0.4) is 0 Å². The standard InChI is InChI=1S/C22H27FN6O2S/c1-15-8-10-28(11-9-15)21-25-26-22(29(21)13-18-3-2-12-30-18)32-14-19-24-20(31-27-19)16-4-6-17(23)7-5-16/h4-7,15,18H,2-3,8-14H2,1H3. The zero-order valence-electron chi connectivity index (χ0n) is 18.1. The van der Waals surface area contributed by atoms with E-state index < -0.39 is 0 Å². The average molecular weight is 459 g/mol. The first-order valence-electron chi connectivity index (χ1n) is 11.2. The monoisotopic (exact) mass is 458 g/mol. The van der Waals surface area contributed by atoms with Crippen molar-refractivity contribution in [1.29, 1.82) is 0 Å². The van der Waals surface area contributed by atoms with Crippen LogP contribution in [0.2, 0.25) is 0 Å². The topological polar surface area (TPSA) is 82.1 Å². The molecule has 10 heteroatoms. The number of nitrogens with zero attached hydrogens (tertiary/aromatic N) is 6. The molecule has 8 nitrogen and oxygen atoms in total. The maximum absolute atomic E-state index is 13.2. The third kappa shape index (κ3) is 4.80. The lowest BCUT2D eigenvalue weighted by Gasteiger charge is -2.31. The van der Waals surface area contributed by atoms with Gasteiger partial charge in [0.25, 0.3) is 5.89 Å². The van der Waals surface area contributed by atoms with Crippen LogP contribution in [0.1, 0.15) is 38.4 Å². The Balaban J connectivity index is 1.31. The van der Waals surface area contributed by atoms with Crippen LogP contribution in [0, 0.1) is 11.7 Å². The lowest BCUT2D eigenvalue weighted by atomic mass is 10.00. The number of halogens is 1. The van der Waals surface area contributed by atoms with Crippen molar-refractivity contribution in [2.45, 2.75) is 56.2 Å². The quantitative estimate of drug-likeness (QED) is 0.488. The number of benzene rings is 1. The zero-order chi connectivity index (χ0) is 21.9. The van der Waals surface area contributed by atoms with Crippen molar-refractivity contribution in [3.05, 3.63) is 35.9 Å². The fourth-order valence-electron chi connectivity index (χ4n) is 4.13. The van der Waals surface area contributed by atoms with E-state index in [2.05, 4.69) is 36.7 Å². The van der Waals surface area contributed by atoms with E-state index in [1.807, 2.05) is 0 Å². The summed E-state index contributed by atoms with van der Waals surface area (Å²) < 4.78 is 26.6. The van der Waals surface area contributed by atoms with Gasteiger partial charge in [-0.25, -0.2) is 4.39 Å². The lowest BCUT2D eigenvalue weighted by molar-refractivity contribution is 0.0951. The smallest absolute Gasteiger partial charge is 0.257 e. The maximum Gasteiger partial charge on any atom is 0.257 e. The molecule has 3 aromatic rings. The molecule has 170 valence electrons. The fraction of sp³-hybridized carbons (Fsp3) is 0.545. The minimum atomic E-state index is -0.298. The molecule has 0 aliphatic carbocycles. The van der Waals surface area contributed by atoms with Gasteiger partial charge >= 0.3 is 0 Å². The van der Waals surface area contributed by atoms with Crippen LogP contribution in [0.4, 0.5) is 10.3 Å². The minimum Gasteiger partial charge on any atom is -0.376 e. The van der Waals surface area contributed by atoms with Gasteiger partial charge in [0.15, 0.2) is 11.0 Å². The van der Waals surface area contributed by atoms with E-state index >= 15 is 0 Å². The molecule has 2 aliphatic rings. The van der Waals surface area contributed by atoms with Crippen LogP contribution in [0.5, 0.6) is 0 Å². The number of hydrogen-bond acceptors (Lipinski definition) is 8. The van der Waals surface area contributed by atoms with E-state index in [0.29, 0.717) is 23.0 Å². The molecular weight excluding hydrogens is 431 g/mol. The number of ether oxygens (including phenoxy) is 1. The zero-order valence-corrected chi connectivity index (χ0v) is 18.9. The normalized spacial score (nSPS) is 19.7.